The number of hydrogen-bond donors (Lipinski definition) is 1. The molecule has 8 heteroatoms. The highest BCUT2D eigenvalue weighted by Gasteiger charge is 2.20. The summed E-state index contributed by atoms with van der Waals surface area (Å²) in [6.45, 7) is 6.08. The Morgan fingerprint density at radius 2 is 1.82 bits per heavy atom. The maximum Gasteiger partial charge on any atom is 0.227 e. The van der Waals surface area contributed by atoms with E-state index in [1.165, 1.54) is 0 Å². The molecule has 0 spiro atoms. The van der Waals surface area contributed by atoms with E-state index in [-0.39, 0.29) is 5.91 Å². The molecule has 0 bridgehead atoms. The van der Waals surface area contributed by atoms with Gasteiger partial charge in [-0.05, 0) is 31.0 Å². The van der Waals surface area contributed by atoms with Crippen LogP contribution in [-0.4, -0.2) is 71.6 Å². The Morgan fingerprint density at radius 3 is 2.57 bits per heavy atom. The zero-order valence-electron chi connectivity index (χ0n) is 16.1. The van der Waals surface area contributed by atoms with Gasteiger partial charge in [-0.2, -0.15) is 4.98 Å². The molecule has 2 saturated heterocycles. The molecule has 4 rings (SSSR count). The van der Waals surface area contributed by atoms with Crippen LogP contribution in [0.25, 0.3) is 0 Å². The molecular formula is C20H27N7O. The standard InChI is InChI=1S/C20H27N7O/c28-19-6-3-11-26(19)12-4-9-21-17-7-10-23-20(24-17)27-15-13-25(14-16-27)18-5-1-2-8-22-18/h1-2,5,7-8,10H,3-4,6,9,11-16H2,(H,21,23,24). The lowest BCUT2D eigenvalue weighted by molar-refractivity contribution is -0.127. The Balaban J connectivity index is 1.25. The second-order valence-electron chi connectivity index (χ2n) is 7.17. The normalized spacial score (nSPS) is 17.3. The highest BCUT2D eigenvalue weighted by molar-refractivity contribution is 5.78. The summed E-state index contributed by atoms with van der Waals surface area (Å²) < 4.78 is 0. The number of likely N-dealkylation sites (tertiary alicyclic amines) is 1. The number of hydrogen-bond acceptors (Lipinski definition) is 7. The van der Waals surface area contributed by atoms with Crippen LogP contribution in [0, 0.1) is 0 Å². The van der Waals surface area contributed by atoms with Crippen molar-refractivity contribution < 1.29 is 4.79 Å². The smallest absolute Gasteiger partial charge is 0.227 e. The zero-order chi connectivity index (χ0) is 19.2. The average molecular weight is 381 g/mol. The molecule has 0 radical (unpaired) electrons. The number of amides is 1. The molecule has 0 unspecified atom stereocenters. The van der Waals surface area contributed by atoms with Gasteiger partial charge in [-0.25, -0.2) is 9.97 Å². The highest BCUT2D eigenvalue weighted by Crippen LogP contribution is 2.17. The van der Waals surface area contributed by atoms with Crippen molar-refractivity contribution in [2.75, 3.05) is 60.9 Å². The molecule has 4 heterocycles. The molecule has 1 N–H and O–H groups in total. The highest BCUT2D eigenvalue weighted by atomic mass is 16.2. The van der Waals surface area contributed by atoms with Gasteiger partial charge in [-0.15, -0.1) is 0 Å². The zero-order valence-corrected chi connectivity index (χ0v) is 16.1. The molecule has 2 aliphatic rings. The summed E-state index contributed by atoms with van der Waals surface area (Å²) >= 11 is 0. The molecule has 2 aromatic rings. The Hall–Kier alpha value is -2.90. The molecule has 28 heavy (non-hydrogen) atoms. The van der Waals surface area contributed by atoms with Crippen LogP contribution < -0.4 is 15.1 Å². The Morgan fingerprint density at radius 1 is 0.964 bits per heavy atom. The quantitative estimate of drug-likeness (QED) is 0.730. The van der Waals surface area contributed by atoms with Crippen LogP contribution in [0.3, 0.4) is 0 Å². The number of carbonyl (C=O) groups is 1. The van der Waals surface area contributed by atoms with Gasteiger partial charge in [0.15, 0.2) is 0 Å². The van der Waals surface area contributed by atoms with Crippen LogP contribution in [0.4, 0.5) is 17.6 Å². The van der Waals surface area contributed by atoms with Crippen LogP contribution in [0.2, 0.25) is 0 Å². The van der Waals surface area contributed by atoms with E-state index in [2.05, 4.69) is 30.1 Å². The van der Waals surface area contributed by atoms with E-state index in [9.17, 15) is 4.79 Å². The molecule has 1 amide bonds. The fraction of sp³-hybridized carbons (Fsp3) is 0.500. The van der Waals surface area contributed by atoms with Gasteiger partial charge in [0.2, 0.25) is 11.9 Å². The van der Waals surface area contributed by atoms with Crippen molar-refractivity contribution in [3.05, 3.63) is 36.7 Å². The molecule has 2 fully saturated rings. The third-order valence-corrected chi connectivity index (χ3v) is 5.26. The molecule has 2 aliphatic heterocycles. The van der Waals surface area contributed by atoms with Crippen molar-refractivity contribution in [2.45, 2.75) is 19.3 Å². The van der Waals surface area contributed by atoms with Gasteiger partial charge in [0, 0.05) is 64.6 Å². The molecule has 0 aromatic carbocycles. The summed E-state index contributed by atoms with van der Waals surface area (Å²) in [7, 11) is 0. The fourth-order valence-electron chi connectivity index (χ4n) is 3.70. The first kappa shape index (κ1) is 18.5. The first-order chi connectivity index (χ1) is 13.8. The van der Waals surface area contributed by atoms with Gasteiger partial charge in [-0.1, -0.05) is 6.07 Å². The number of anilines is 3. The molecule has 0 saturated carbocycles. The van der Waals surface area contributed by atoms with Crippen LogP contribution in [0.5, 0.6) is 0 Å². The van der Waals surface area contributed by atoms with E-state index in [0.717, 1.165) is 76.2 Å². The van der Waals surface area contributed by atoms with Gasteiger partial charge in [0.25, 0.3) is 0 Å². The second kappa shape index (κ2) is 8.86. The van der Waals surface area contributed by atoms with E-state index < -0.39 is 0 Å². The monoisotopic (exact) mass is 381 g/mol. The van der Waals surface area contributed by atoms with Crippen molar-refractivity contribution in [1.29, 1.82) is 0 Å². The molecule has 0 aliphatic carbocycles. The predicted molar refractivity (Wildman–Crippen MR) is 110 cm³/mol. The summed E-state index contributed by atoms with van der Waals surface area (Å²) in [4.78, 5) is 31.7. The van der Waals surface area contributed by atoms with Crippen molar-refractivity contribution in [3.8, 4) is 0 Å². The number of pyridine rings is 1. The number of rotatable bonds is 7. The van der Waals surface area contributed by atoms with E-state index in [0.29, 0.717) is 6.42 Å². The number of nitrogens with one attached hydrogen (secondary N) is 1. The van der Waals surface area contributed by atoms with Gasteiger partial charge in [0.1, 0.15) is 11.6 Å². The average Bonchev–Trinajstić information content (AvgIpc) is 3.17. The van der Waals surface area contributed by atoms with Crippen LogP contribution in [-0.2, 0) is 4.79 Å². The molecule has 0 atom stereocenters. The Bertz CT molecular complexity index is 777. The van der Waals surface area contributed by atoms with Crippen molar-refractivity contribution in [3.63, 3.8) is 0 Å². The van der Waals surface area contributed by atoms with E-state index in [4.69, 9.17) is 0 Å². The first-order valence-corrected chi connectivity index (χ1v) is 10.1. The van der Waals surface area contributed by atoms with Crippen LogP contribution in [0.15, 0.2) is 36.7 Å². The molecule has 2 aromatic heterocycles. The summed E-state index contributed by atoms with van der Waals surface area (Å²) in [5, 5.41) is 3.36. The number of piperazine rings is 1. The topological polar surface area (TPSA) is 77.5 Å². The predicted octanol–water partition coefficient (Wildman–Crippen LogP) is 1.62. The Kier molecular flexibility index (Phi) is 5.84. The maximum absolute atomic E-state index is 11.6. The minimum atomic E-state index is 0.286. The number of carbonyl (C=O) groups excluding carboxylic acids is 1. The van der Waals surface area contributed by atoms with E-state index in [1.54, 1.807) is 6.20 Å². The lowest BCUT2D eigenvalue weighted by Crippen LogP contribution is -2.47. The Labute approximate surface area is 165 Å². The second-order valence-corrected chi connectivity index (χ2v) is 7.17. The third kappa shape index (κ3) is 4.49. The van der Waals surface area contributed by atoms with Gasteiger partial charge < -0.3 is 20.0 Å². The van der Waals surface area contributed by atoms with Crippen molar-refractivity contribution in [1.82, 2.24) is 19.9 Å². The largest absolute Gasteiger partial charge is 0.370 e. The van der Waals surface area contributed by atoms with E-state index in [1.807, 2.05) is 35.4 Å². The first-order valence-electron chi connectivity index (χ1n) is 10.1. The molecule has 8 nitrogen and oxygen atoms in total. The fourth-order valence-corrected chi connectivity index (χ4v) is 3.70. The summed E-state index contributed by atoms with van der Waals surface area (Å²) in [6.07, 6.45) is 6.26. The van der Waals surface area contributed by atoms with Gasteiger partial charge in [0.05, 0.1) is 0 Å². The summed E-state index contributed by atoms with van der Waals surface area (Å²) in [5.74, 6) is 2.91. The summed E-state index contributed by atoms with van der Waals surface area (Å²) in [6, 6.07) is 7.91. The summed E-state index contributed by atoms with van der Waals surface area (Å²) in [5.41, 5.74) is 0. The number of nitrogens with zero attached hydrogens (tertiary/aromatic N) is 6. The molecular weight excluding hydrogens is 354 g/mol. The SMILES string of the molecule is O=C1CCCN1CCCNc1ccnc(N2CCN(c3ccccn3)CC2)n1. The minimum Gasteiger partial charge on any atom is -0.370 e. The minimum absolute atomic E-state index is 0.286. The lowest BCUT2D eigenvalue weighted by Gasteiger charge is -2.35. The van der Waals surface area contributed by atoms with Crippen LogP contribution >= 0.6 is 0 Å². The van der Waals surface area contributed by atoms with Crippen molar-refractivity contribution >= 4 is 23.5 Å². The number of aromatic nitrogens is 3. The van der Waals surface area contributed by atoms with Crippen LogP contribution in [0.1, 0.15) is 19.3 Å². The van der Waals surface area contributed by atoms with Gasteiger partial charge >= 0.3 is 0 Å². The van der Waals surface area contributed by atoms with Gasteiger partial charge in [-0.3, -0.25) is 4.79 Å². The molecule has 148 valence electrons. The van der Waals surface area contributed by atoms with E-state index >= 15 is 0 Å². The third-order valence-electron chi connectivity index (χ3n) is 5.26. The lowest BCUT2D eigenvalue weighted by atomic mass is 10.3. The maximum atomic E-state index is 11.6. The van der Waals surface area contributed by atoms with Crippen molar-refractivity contribution in [2.24, 2.45) is 0 Å².